The van der Waals surface area contributed by atoms with Crippen LogP contribution in [0.3, 0.4) is 0 Å². The van der Waals surface area contributed by atoms with Gasteiger partial charge in [-0.3, -0.25) is 14.4 Å². The lowest BCUT2D eigenvalue weighted by molar-refractivity contribution is -0.167. The van der Waals surface area contributed by atoms with Crippen LogP contribution in [0.15, 0.2) is 12.2 Å². The maximum atomic E-state index is 12.9. The van der Waals surface area contributed by atoms with Crippen LogP contribution in [-0.2, 0) is 28.6 Å². The maximum absolute atomic E-state index is 12.9. The standard InChI is InChI=1S/C69H132O6/c1-4-7-10-13-16-19-22-24-26-28-30-31-32-33-34-35-36-37-38-39-41-42-44-47-50-53-56-59-62-68(71)74-65-66(64-73-67(70)61-58-55-52-49-46-21-18-15-12-9-6-3)75-69(72)63-60-57-54-51-48-45-43-40-29-27-25-23-20-17-14-11-8-5-2/h15,18,66H,4-14,16-17,19-65H2,1-3H3/b18-15-. The van der Waals surface area contributed by atoms with Gasteiger partial charge in [0.05, 0.1) is 0 Å². The van der Waals surface area contributed by atoms with Gasteiger partial charge in [0.1, 0.15) is 13.2 Å². The second kappa shape index (κ2) is 64.7. The van der Waals surface area contributed by atoms with Gasteiger partial charge in [0.2, 0.25) is 0 Å². The Kier molecular flexibility index (Phi) is 63.1. The fourth-order valence-corrected chi connectivity index (χ4v) is 10.6. The minimum atomic E-state index is -0.769. The second-order valence-electron chi connectivity index (χ2n) is 23.5. The first-order chi connectivity index (χ1) is 37.0. The van der Waals surface area contributed by atoms with Crippen LogP contribution in [0.2, 0.25) is 0 Å². The van der Waals surface area contributed by atoms with Crippen molar-refractivity contribution < 1.29 is 28.6 Å². The predicted octanol–water partition coefficient (Wildman–Crippen LogP) is 23.2. The van der Waals surface area contributed by atoms with Gasteiger partial charge in [0, 0.05) is 19.3 Å². The van der Waals surface area contributed by atoms with Crippen LogP contribution in [0, 0.1) is 0 Å². The lowest BCUT2D eigenvalue weighted by Crippen LogP contribution is -2.30. The Labute approximate surface area is 469 Å². The van der Waals surface area contributed by atoms with E-state index in [9.17, 15) is 14.4 Å². The molecule has 0 saturated carbocycles. The van der Waals surface area contributed by atoms with Gasteiger partial charge in [-0.05, 0) is 38.5 Å². The smallest absolute Gasteiger partial charge is 0.306 e. The Morgan fingerprint density at radius 2 is 0.453 bits per heavy atom. The summed E-state index contributed by atoms with van der Waals surface area (Å²) in [6, 6.07) is 0. The van der Waals surface area contributed by atoms with Crippen LogP contribution in [0.1, 0.15) is 393 Å². The molecule has 0 aliphatic heterocycles. The van der Waals surface area contributed by atoms with Crippen molar-refractivity contribution in [2.45, 2.75) is 399 Å². The summed E-state index contributed by atoms with van der Waals surface area (Å²) in [6.07, 6.45) is 76.8. The Hall–Kier alpha value is -1.85. The molecular formula is C69H132O6. The highest BCUT2D eigenvalue weighted by atomic mass is 16.6. The molecule has 0 rings (SSSR count). The van der Waals surface area contributed by atoms with Gasteiger partial charge in [-0.1, -0.05) is 348 Å². The molecule has 0 spiro atoms. The quantitative estimate of drug-likeness (QED) is 0.0261. The SMILES string of the molecule is CCCC/C=C\CCCCCCCC(=O)OCC(COC(=O)CCCCCCCCCCCCCCCCCCCCCCCCCCCCCC)OC(=O)CCCCCCCCCCCCCCCCCCCC. The van der Waals surface area contributed by atoms with Crippen LogP contribution < -0.4 is 0 Å². The Morgan fingerprint density at radius 1 is 0.253 bits per heavy atom. The van der Waals surface area contributed by atoms with E-state index in [0.29, 0.717) is 19.3 Å². The predicted molar refractivity (Wildman–Crippen MR) is 326 cm³/mol. The van der Waals surface area contributed by atoms with Gasteiger partial charge in [0.25, 0.3) is 0 Å². The first-order valence-electron chi connectivity index (χ1n) is 34.2. The van der Waals surface area contributed by atoms with E-state index in [2.05, 4.69) is 32.9 Å². The fourth-order valence-electron chi connectivity index (χ4n) is 10.6. The van der Waals surface area contributed by atoms with Crippen molar-refractivity contribution in [2.75, 3.05) is 13.2 Å². The number of unbranched alkanes of at least 4 members (excludes halogenated alkanes) is 51. The molecule has 6 nitrogen and oxygen atoms in total. The summed E-state index contributed by atoms with van der Waals surface area (Å²) < 4.78 is 16.9. The Bertz CT molecular complexity index is 1170. The molecule has 0 bridgehead atoms. The average Bonchev–Trinajstić information content (AvgIpc) is 3.41. The topological polar surface area (TPSA) is 78.9 Å². The summed E-state index contributed by atoms with van der Waals surface area (Å²) in [5, 5.41) is 0. The first-order valence-corrected chi connectivity index (χ1v) is 34.2. The molecular weight excluding hydrogens is 925 g/mol. The van der Waals surface area contributed by atoms with E-state index in [1.807, 2.05) is 0 Å². The van der Waals surface area contributed by atoms with Crippen molar-refractivity contribution in [3.8, 4) is 0 Å². The summed E-state index contributed by atoms with van der Waals surface area (Å²) in [4.78, 5) is 38.3. The van der Waals surface area contributed by atoms with E-state index in [0.717, 1.165) is 64.2 Å². The van der Waals surface area contributed by atoms with Crippen LogP contribution >= 0.6 is 0 Å². The minimum absolute atomic E-state index is 0.0661. The number of allylic oxidation sites excluding steroid dienone is 2. The Balaban J connectivity index is 4.11. The summed E-state index contributed by atoms with van der Waals surface area (Å²) in [5.74, 6) is -0.845. The zero-order chi connectivity index (χ0) is 54.3. The molecule has 0 aromatic rings. The van der Waals surface area contributed by atoms with Gasteiger partial charge >= 0.3 is 17.9 Å². The number of carbonyl (C=O) groups excluding carboxylic acids is 3. The highest BCUT2D eigenvalue weighted by Crippen LogP contribution is 2.19. The third-order valence-electron chi connectivity index (χ3n) is 15.8. The molecule has 0 heterocycles. The number of carbonyl (C=O) groups is 3. The number of hydrogen-bond donors (Lipinski definition) is 0. The highest BCUT2D eigenvalue weighted by Gasteiger charge is 2.19. The molecule has 444 valence electrons. The largest absolute Gasteiger partial charge is 0.462 e. The second-order valence-corrected chi connectivity index (χ2v) is 23.5. The molecule has 0 saturated heterocycles. The number of rotatable bonds is 64. The minimum Gasteiger partial charge on any atom is -0.462 e. The maximum Gasteiger partial charge on any atom is 0.306 e. The molecule has 1 atom stereocenters. The third kappa shape index (κ3) is 62.9. The van der Waals surface area contributed by atoms with Crippen LogP contribution in [0.25, 0.3) is 0 Å². The van der Waals surface area contributed by atoms with Crippen LogP contribution in [0.5, 0.6) is 0 Å². The zero-order valence-electron chi connectivity index (χ0n) is 51.1. The van der Waals surface area contributed by atoms with Gasteiger partial charge < -0.3 is 14.2 Å². The average molecular weight is 1060 g/mol. The van der Waals surface area contributed by atoms with Gasteiger partial charge in [-0.2, -0.15) is 0 Å². The molecule has 0 N–H and O–H groups in total. The molecule has 0 amide bonds. The molecule has 6 heteroatoms. The number of ether oxygens (including phenoxy) is 3. The van der Waals surface area contributed by atoms with E-state index in [4.69, 9.17) is 14.2 Å². The van der Waals surface area contributed by atoms with Crippen molar-refractivity contribution in [2.24, 2.45) is 0 Å². The molecule has 0 aromatic carbocycles. The van der Waals surface area contributed by atoms with E-state index in [1.165, 1.54) is 289 Å². The number of esters is 3. The highest BCUT2D eigenvalue weighted by molar-refractivity contribution is 5.71. The summed E-state index contributed by atoms with van der Waals surface area (Å²) >= 11 is 0. The van der Waals surface area contributed by atoms with E-state index < -0.39 is 6.10 Å². The van der Waals surface area contributed by atoms with Gasteiger partial charge in [-0.25, -0.2) is 0 Å². The monoisotopic (exact) mass is 1060 g/mol. The van der Waals surface area contributed by atoms with Crippen LogP contribution in [-0.4, -0.2) is 37.2 Å². The van der Waals surface area contributed by atoms with Crippen molar-refractivity contribution in [1.82, 2.24) is 0 Å². The van der Waals surface area contributed by atoms with Gasteiger partial charge in [0.15, 0.2) is 6.10 Å². The molecule has 0 aliphatic carbocycles. The summed E-state index contributed by atoms with van der Waals surface area (Å²) in [7, 11) is 0. The zero-order valence-corrected chi connectivity index (χ0v) is 51.1. The molecule has 75 heavy (non-hydrogen) atoms. The molecule has 0 fully saturated rings. The van der Waals surface area contributed by atoms with Crippen molar-refractivity contribution in [1.29, 1.82) is 0 Å². The van der Waals surface area contributed by atoms with E-state index in [1.54, 1.807) is 0 Å². The van der Waals surface area contributed by atoms with Gasteiger partial charge in [-0.15, -0.1) is 0 Å². The molecule has 0 aromatic heterocycles. The first kappa shape index (κ1) is 73.2. The Morgan fingerprint density at radius 3 is 0.707 bits per heavy atom. The lowest BCUT2D eigenvalue weighted by atomic mass is 10.0. The van der Waals surface area contributed by atoms with E-state index >= 15 is 0 Å². The normalized spacial score (nSPS) is 12.0. The lowest BCUT2D eigenvalue weighted by Gasteiger charge is -2.18. The van der Waals surface area contributed by atoms with Crippen molar-refractivity contribution in [3.05, 3.63) is 12.2 Å². The fraction of sp³-hybridized carbons (Fsp3) is 0.928. The van der Waals surface area contributed by atoms with Crippen LogP contribution in [0.4, 0.5) is 0 Å². The molecule has 0 aliphatic rings. The summed E-state index contributed by atoms with van der Waals surface area (Å²) in [6.45, 7) is 6.68. The van der Waals surface area contributed by atoms with E-state index in [-0.39, 0.29) is 31.1 Å². The molecule has 1 unspecified atom stereocenters. The third-order valence-corrected chi connectivity index (χ3v) is 15.8. The van der Waals surface area contributed by atoms with Crippen molar-refractivity contribution in [3.63, 3.8) is 0 Å². The summed E-state index contributed by atoms with van der Waals surface area (Å²) in [5.41, 5.74) is 0. The number of hydrogen-bond acceptors (Lipinski definition) is 6. The molecule has 0 radical (unpaired) electrons. The van der Waals surface area contributed by atoms with Crippen molar-refractivity contribution >= 4 is 17.9 Å².